The second-order valence-corrected chi connectivity index (χ2v) is 9.42. The number of anilines is 2. The monoisotopic (exact) mass is 479 g/mol. The van der Waals surface area contributed by atoms with Crippen molar-refractivity contribution in [3.8, 4) is 0 Å². The van der Waals surface area contributed by atoms with Gasteiger partial charge in [0.05, 0.1) is 5.70 Å². The van der Waals surface area contributed by atoms with Crippen molar-refractivity contribution in [3.63, 3.8) is 0 Å². The number of halogens is 2. The maximum Gasteiger partial charge on any atom is 0.270 e. The molecule has 0 radical (unpaired) electrons. The second-order valence-electron chi connectivity index (χ2n) is 8.55. The zero-order valence-electron chi connectivity index (χ0n) is 18.2. The SMILES string of the molecule is CC1(C)Cc2ccccc2/C(=C(\C(N)=O)C(=O)N(c2ccc(Cl)cc2)c2ccc(Cl)cc2)N1. The van der Waals surface area contributed by atoms with Gasteiger partial charge in [0.2, 0.25) is 0 Å². The van der Waals surface area contributed by atoms with Gasteiger partial charge >= 0.3 is 0 Å². The molecule has 0 aliphatic carbocycles. The van der Waals surface area contributed by atoms with Gasteiger partial charge in [0, 0.05) is 32.5 Å². The summed E-state index contributed by atoms with van der Waals surface area (Å²) in [5.41, 5.74) is 8.64. The standard InChI is InChI=1S/C26H23Cl2N3O2/c1-26(2)15-16-5-3-4-6-21(16)23(30-26)22(24(29)32)25(33)31(19-11-7-17(27)8-12-19)20-13-9-18(28)10-14-20/h3-14,30H,15H2,1-2H3,(H2,29,32)/b23-22-. The molecule has 0 saturated carbocycles. The molecule has 33 heavy (non-hydrogen) atoms. The minimum absolute atomic E-state index is 0.125. The van der Waals surface area contributed by atoms with Crippen molar-refractivity contribution in [2.75, 3.05) is 4.90 Å². The Morgan fingerprint density at radius 3 is 1.91 bits per heavy atom. The highest BCUT2D eigenvalue weighted by atomic mass is 35.5. The smallest absolute Gasteiger partial charge is 0.270 e. The minimum Gasteiger partial charge on any atom is -0.379 e. The number of nitrogens with one attached hydrogen (secondary N) is 1. The first-order valence-electron chi connectivity index (χ1n) is 10.4. The van der Waals surface area contributed by atoms with E-state index in [9.17, 15) is 9.59 Å². The number of carbonyl (C=O) groups excluding carboxylic acids is 2. The first kappa shape index (κ1) is 22.9. The van der Waals surface area contributed by atoms with E-state index in [1.807, 2.05) is 38.1 Å². The molecule has 3 aromatic rings. The molecule has 4 rings (SSSR count). The fraction of sp³-hybridized carbons (Fsp3) is 0.154. The highest BCUT2D eigenvalue weighted by molar-refractivity contribution is 6.32. The zero-order valence-corrected chi connectivity index (χ0v) is 19.7. The quantitative estimate of drug-likeness (QED) is 0.295. The van der Waals surface area contributed by atoms with Crippen LogP contribution >= 0.6 is 23.2 Å². The molecule has 0 bridgehead atoms. The summed E-state index contributed by atoms with van der Waals surface area (Å²) in [6.45, 7) is 4.03. The third kappa shape index (κ3) is 4.75. The van der Waals surface area contributed by atoms with E-state index in [0.717, 1.165) is 17.5 Å². The third-order valence-corrected chi connectivity index (χ3v) is 5.97. The van der Waals surface area contributed by atoms with E-state index in [-0.39, 0.29) is 11.1 Å². The predicted octanol–water partition coefficient (Wildman–Crippen LogP) is 5.48. The Kier molecular flexibility index (Phi) is 6.19. The summed E-state index contributed by atoms with van der Waals surface area (Å²) in [5.74, 6) is -1.37. The van der Waals surface area contributed by atoms with Gasteiger partial charge in [-0.05, 0) is 74.4 Å². The maximum absolute atomic E-state index is 14.0. The molecule has 0 fully saturated rings. The number of benzene rings is 3. The third-order valence-electron chi connectivity index (χ3n) is 5.47. The van der Waals surface area contributed by atoms with Crippen LogP contribution in [0.15, 0.2) is 78.4 Å². The molecular weight excluding hydrogens is 457 g/mol. The summed E-state index contributed by atoms with van der Waals surface area (Å²) in [4.78, 5) is 28.2. The zero-order chi connectivity index (χ0) is 23.8. The number of rotatable bonds is 4. The molecule has 3 aromatic carbocycles. The molecule has 1 heterocycles. The van der Waals surface area contributed by atoms with Crippen molar-refractivity contribution in [2.24, 2.45) is 5.73 Å². The molecule has 7 heteroatoms. The Labute approximate surface area is 202 Å². The van der Waals surface area contributed by atoms with Gasteiger partial charge < -0.3 is 11.1 Å². The molecule has 0 atom stereocenters. The topological polar surface area (TPSA) is 75.4 Å². The van der Waals surface area contributed by atoms with Crippen molar-refractivity contribution < 1.29 is 9.59 Å². The predicted molar refractivity (Wildman–Crippen MR) is 134 cm³/mol. The Balaban J connectivity index is 1.94. The van der Waals surface area contributed by atoms with E-state index < -0.39 is 11.8 Å². The highest BCUT2D eigenvalue weighted by Gasteiger charge is 2.35. The molecular formula is C26H23Cl2N3O2. The Morgan fingerprint density at radius 2 is 1.39 bits per heavy atom. The van der Waals surface area contributed by atoms with Crippen molar-refractivity contribution >= 4 is 52.1 Å². The molecule has 0 unspecified atom stereocenters. The van der Waals surface area contributed by atoms with E-state index in [1.54, 1.807) is 48.5 Å². The Morgan fingerprint density at radius 1 is 0.879 bits per heavy atom. The molecule has 5 nitrogen and oxygen atoms in total. The first-order valence-corrected chi connectivity index (χ1v) is 11.2. The van der Waals surface area contributed by atoms with Crippen LogP contribution in [0.2, 0.25) is 10.0 Å². The van der Waals surface area contributed by atoms with Crippen molar-refractivity contribution in [1.82, 2.24) is 5.32 Å². The first-order chi connectivity index (χ1) is 15.7. The summed E-state index contributed by atoms with van der Waals surface area (Å²) in [5, 5.41) is 4.43. The normalized spacial score (nSPS) is 15.8. The molecule has 168 valence electrons. The number of nitrogens with two attached hydrogens (primary N) is 1. The van der Waals surface area contributed by atoms with Crippen LogP contribution in [0.25, 0.3) is 5.70 Å². The molecule has 3 N–H and O–H groups in total. The van der Waals surface area contributed by atoms with Crippen LogP contribution in [0.3, 0.4) is 0 Å². The molecule has 0 spiro atoms. The fourth-order valence-electron chi connectivity index (χ4n) is 4.05. The average molecular weight is 480 g/mol. The van der Waals surface area contributed by atoms with Gasteiger partial charge in [-0.1, -0.05) is 47.5 Å². The van der Waals surface area contributed by atoms with Crippen LogP contribution < -0.4 is 16.0 Å². The Bertz CT molecular complexity index is 1200. The van der Waals surface area contributed by atoms with Gasteiger partial charge in [-0.25, -0.2) is 0 Å². The summed E-state index contributed by atoms with van der Waals surface area (Å²) in [6, 6.07) is 21.3. The van der Waals surface area contributed by atoms with Gasteiger partial charge in [-0.15, -0.1) is 0 Å². The fourth-order valence-corrected chi connectivity index (χ4v) is 4.30. The average Bonchev–Trinajstić information content (AvgIpc) is 2.76. The van der Waals surface area contributed by atoms with Crippen molar-refractivity contribution in [1.29, 1.82) is 0 Å². The molecule has 0 saturated heterocycles. The largest absolute Gasteiger partial charge is 0.379 e. The summed E-state index contributed by atoms with van der Waals surface area (Å²) < 4.78 is 0. The van der Waals surface area contributed by atoms with Gasteiger partial charge in [0.25, 0.3) is 11.8 Å². The van der Waals surface area contributed by atoms with E-state index >= 15 is 0 Å². The van der Waals surface area contributed by atoms with Gasteiger partial charge in [0.15, 0.2) is 0 Å². The molecule has 2 amide bonds. The van der Waals surface area contributed by atoms with Crippen LogP contribution in [0.4, 0.5) is 11.4 Å². The lowest BCUT2D eigenvalue weighted by Gasteiger charge is -2.37. The second kappa shape index (κ2) is 8.93. The van der Waals surface area contributed by atoms with E-state index in [0.29, 0.717) is 27.1 Å². The number of carbonyl (C=O) groups is 2. The van der Waals surface area contributed by atoms with Gasteiger partial charge in [0.1, 0.15) is 5.57 Å². The van der Waals surface area contributed by atoms with Gasteiger partial charge in [-0.3, -0.25) is 14.5 Å². The van der Waals surface area contributed by atoms with E-state index in [2.05, 4.69) is 5.32 Å². The minimum atomic E-state index is -0.817. The number of primary amides is 1. The highest BCUT2D eigenvalue weighted by Crippen LogP contribution is 2.35. The van der Waals surface area contributed by atoms with Crippen LogP contribution in [0.1, 0.15) is 25.0 Å². The van der Waals surface area contributed by atoms with Gasteiger partial charge in [-0.2, -0.15) is 0 Å². The molecule has 1 aliphatic rings. The number of nitrogens with zero attached hydrogens (tertiary/aromatic N) is 1. The lowest BCUT2D eigenvalue weighted by molar-refractivity contribution is -0.120. The lowest BCUT2D eigenvalue weighted by atomic mass is 9.84. The Hall–Kier alpha value is -3.28. The summed E-state index contributed by atoms with van der Waals surface area (Å²) in [6.07, 6.45) is 0.741. The lowest BCUT2D eigenvalue weighted by Crippen LogP contribution is -2.46. The summed E-state index contributed by atoms with van der Waals surface area (Å²) in [7, 11) is 0. The number of hydrogen-bond donors (Lipinski definition) is 2. The molecule has 1 aliphatic heterocycles. The van der Waals surface area contributed by atoms with E-state index in [1.165, 1.54) is 4.90 Å². The van der Waals surface area contributed by atoms with Crippen LogP contribution in [0.5, 0.6) is 0 Å². The maximum atomic E-state index is 14.0. The molecule has 0 aromatic heterocycles. The number of amides is 2. The van der Waals surface area contributed by atoms with Crippen LogP contribution in [0, 0.1) is 0 Å². The number of fused-ring (bicyclic) bond motifs is 1. The van der Waals surface area contributed by atoms with Crippen LogP contribution in [-0.2, 0) is 16.0 Å². The number of hydrogen-bond acceptors (Lipinski definition) is 3. The van der Waals surface area contributed by atoms with Crippen molar-refractivity contribution in [2.45, 2.75) is 25.8 Å². The van der Waals surface area contributed by atoms with Crippen LogP contribution in [-0.4, -0.2) is 17.4 Å². The van der Waals surface area contributed by atoms with Crippen molar-refractivity contribution in [3.05, 3.63) is 99.5 Å². The summed E-state index contributed by atoms with van der Waals surface area (Å²) >= 11 is 12.1. The van der Waals surface area contributed by atoms with E-state index in [4.69, 9.17) is 28.9 Å².